The summed E-state index contributed by atoms with van der Waals surface area (Å²) in [4.78, 5) is 33.9. The SMILES string of the molecule is CC(C)C1(C)CC(=O)N(Cc2cc(F)cc(C(=O)NC(CCN(C)C)c3ccccc3)c2)C(N)=N1. The Hall–Kier alpha value is -3.26. The van der Waals surface area contributed by atoms with Gasteiger partial charge in [-0.2, -0.15) is 0 Å². The van der Waals surface area contributed by atoms with Crippen LogP contribution < -0.4 is 11.1 Å². The van der Waals surface area contributed by atoms with Gasteiger partial charge in [-0.15, -0.1) is 0 Å². The maximum absolute atomic E-state index is 14.5. The molecule has 1 heterocycles. The summed E-state index contributed by atoms with van der Waals surface area (Å²) in [5.74, 6) is -0.847. The first-order valence-corrected chi connectivity index (χ1v) is 11.9. The lowest BCUT2D eigenvalue weighted by Crippen LogP contribution is -2.51. The number of nitrogens with zero attached hydrogens (tertiary/aromatic N) is 3. The van der Waals surface area contributed by atoms with Gasteiger partial charge in [0.1, 0.15) is 5.82 Å². The van der Waals surface area contributed by atoms with Gasteiger partial charge in [0.15, 0.2) is 5.96 Å². The highest BCUT2D eigenvalue weighted by Crippen LogP contribution is 2.30. The van der Waals surface area contributed by atoms with Gasteiger partial charge in [0.2, 0.25) is 5.91 Å². The zero-order valence-corrected chi connectivity index (χ0v) is 21.2. The molecule has 2 aromatic rings. The van der Waals surface area contributed by atoms with E-state index in [1.807, 2.05) is 70.1 Å². The number of hydrogen-bond donors (Lipinski definition) is 2. The third kappa shape index (κ3) is 6.66. The molecule has 8 heteroatoms. The van der Waals surface area contributed by atoms with Gasteiger partial charge in [0.25, 0.3) is 5.91 Å². The number of carbonyl (C=O) groups excluding carboxylic acids is 2. The van der Waals surface area contributed by atoms with Crippen molar-refractivity contribution in [3.8, 4) is 0 Å². The van der Waals surface area contributed by atoms with Crippen LogP contribution in [-0.4, -0.2) is 53.8 Å². The Labute approximate surface area is 207 Å². The topological polar surface area (TPSA) is 91.0 Å². The van der Waals surface area contributed by atoms with Gasteiger partial charge in [-0.05, 0) is 69.2 Å². The lowest BCUT2D eigenvalue weighted by atomic mass is 9.84. The van der Waals surface area contributed by atoms with Crippen LogP contribution in [0.3, 0.4) is 0 Å². The molecule has 2 unspecified atom stereocenters. The summed E-state index contributed by atoms with van der Waals surface area (Å²) in [6.07, 6.45) is 0.924. The fraction of sp³-hybridized carbons (Fsp3) is 0.444. The van der Waals surface area contributed by atoms with Crippen molar-refractivity contribution in [3.63, 3.8) is 0 Å². The molecule has 0 bridgehead atoms. The molecule has 0 aliphatic carbocycles. The molecule has 188 valence electrons. The largest absolute Gasteiger partial charge is 0.369 e. The fourth-order valence-corrected chi connectivity index (χ4v) is 4.09. The third-order valence-corrected chi connectivity index (χ3v) is 6.63. The number of amides is 2. The summed E-state index contributed by atoms with van der Waals surface area (Å²) in [5, 5.41) is 3.04. The second-order valence-electron chi connectivity index (χ2n) is 10.0. The predicted molar refractivity (Wildman–Crippen MR) is 136 cm³/mol. The molecule has 0 radical (unpaired) electrons. The summed E-state index contributed by atoms with van der Waals surface area (Å²) in [5.41, 5.74) is 7.21. The van der Waals surface area contributed by atoms with Crippen LogP contribution in [0, 0.1) is 11.7 Å². The summed E-state index contributed by atoms with van der Waals surface area (Å²) in [7, 11) is 3.95. The van der Waals surface area contributed by atoms with Crippen molar-refractivity contribution in [2.24, 2.45) is 16.6 Å². The number of nitrogens with one attached hydrogen (secondary N) is 1. The van der Waals surface area contributed by atoms with Crippen molar-refractivity contribution in [2.75, 3.05) is 20.6 Å². The number of carbonyl (C=O) groups is 2. The number of nitrogens with two attached hydrogens (primary N) is 1. The Balaban J connectivity index is 1.81. The summed E-state index contributed by atoms with van der Waals surface area (Å²) in [6, 6.07) is 13.6. The van der Waals surface area contributed by atoms with Gasteiger partial charge in [-0.3, -0.25) is 14.5 Å². The molecule has 0 saturated carbocycles. The average Bonchev–Trinajstić information content (AvgIpc) is 2.79. The number of halogens is 1. The highest BCUT2D eigenvalue weighted by atomic mass is 19.1. The number of aliphatic imine (C=N–C) groups is 1. The number of guanidine groups is 1. The van der Waals surface area contributed by atoms with E-state index in [4.69, 9.17) is 5.73 Å². The number of hydrogen-bond acceptors (Lipinski definition) is 5. The van der Waals surface area contributed by atoms with Crippen LogP contribution in [0.1, 0.15) is 61.1 Å². The molecule has 7 nitrogen and oxygen atoms in total. The maximum Gasteiger partial charge on any atom is 0.251 e. The standard InChI is InChI=1S/C27H36FN5O2/c1-18(2)27(3)16-24(34)33(26(29)31-27)17-19-13-21(15-22(28)14-19)25(35)30-23(11-12-32(4)5)20-9-7-6-8-10-20/h6-10,13-15,18,23H,11-12,16-17H2,1-5H3,(H2,29,31)(H,30,35). The minimum atomic E-state index is -0.566. The quantitative estimate of drug-likeness (QED) is 0.571. The number of rotatable bonds is 9. The summed E-state index contributed by atoms with van der Waals surface area (Å²) < 4.78 is 14.5. The predicted octanol–water partition coefficient (Wildman–Crippen LogP) is 3.71. The highest BCUT2D eigenvalue weighted by Gasteiger charge is 2.38. The van der Waals surface area contributed by atoms with E-state index in [-0.39, 0.29) is 48.3 Å². The minimum Gasteiger partial charge on any atom is -0.369 e. The van der Waals surface area contributed by atoms with E-state index >= 15 is 0 Å². The van der Waals surface area contributed by atoms with Crippen molar-refractivity contribution in [1.82, 2.24) is 15.1 Å². The van der Waals surface area contributed by atoms with Crippen LogP contribution in [-0.2, 0) is 11.3 Å². The lowest BCUT2D eigenvalue weighted by Gasteiger charge is -2.37. The van der Waals surface area contributed by atoms with E-state index in [2.05, 4.69) is 10.3 Å². The molecule has 3 rings (SSSR count). The van der Waals surface area contributed by atoms with Gasteiger partial charge >= 0.3 is 0 Å². The van der Waals surface area contributed by atoms with Crippen LogP contribution in [0.2, 0.25) is 0 Å². The Bertz CT molecular complexity index is 1090. The number of benzene rings is 2. The Morgan fingerprint density at radius 1 is 1.23 bits per heavy atom. The molecular formula is C27H36FN5O2. The zero-order valence-electron chi connectivity index (χ0n) is 21.2. The Morgan fingerprint density at radius 2 is 1.91 bits per heavy atom. The van der Waals surface area contributed by atoms with Gasteiger partial charge in [0, 0.05) is 5.56 Å². The maximum atomic E-state index is 14.5. The van der Waals surface area contributed by atoms with Crippen molar-refractivity contribution >= 4 is 17.8 Å². The molecule has 0 saturated heterocycles. The molecular weight excluding hydrogens is 445 g/mol. The highest BCUT2D eigenvalue weighted by molar-refractivity contribution is 5.99. The van der Waals surface area contributed by atoms with Crippen LogP contribution in [0.4, 0.5) is 4.39 Å². The monoisotopic (exact) mass is 481 g/mol. The van der Waals surface area contributed by atoms with E-state index in [0.29, 0.717) is 12.0 Å². The van der Waals surface area contributed by atoms with Crippen LogP contribution in [0.25, 0.3) is 0 Å². The molecule has 0 spiro atoms. The van der Waals surface area contributed by atoms with Gasteiger partial charge in [-0.1, -0.05) is 44.2 Å². The van der Waals surface area contributed by atoms with E-state index in [0.717, 1.165) is 12.1 Å². The van der Waals surface area contributed by atoms with Crippen LogP contribution >= 0.6 is 0 Å². The first kappa shape index (κ1) is 26.3. The first-order chi connectivity index (χ1) is 16.5. The molecule has 2 aromatic carbocycles. The van der Waals surface area contributed by atoms with Crippen LogP contribution in [0.5, 0.6) is 0 Å². The molecule has 1 aliphatic heterocycles. The molecule has 0 aromatic heterocycles. The second-order valence-corrected chi connectivity index (χ2v) is 10.0. The molecule has 3 N–H and O–H groups in total. The Morgan fingerprint density at radius 3 is 2.51 bits per heavy atom. The van der Waals surface area contributed by atoms with E-state index < -0.39 is 11.4 Å². The zero-order chi connectivity index (χ0) is 25.8. The Kier molecular flexibility index (Phi) is 8.27. The van der Waals surface area contributed by atoms with Crippen molar-refractivity contribution < 1.29 is 14.0 Å². The van der Waals surface area contributed by atoms with Crippen molar-refractivity contribution in [3.05, 3.63) is 71.0 Å². The second kappa shape index (κ2) is 11.0. The van der Waals surface area contributed by atoms with E-state index in [9.17, 15) is 14.0 Å². The summed E-state index contributed by atoms with van der Waals surface area (Å²) >= 11 is 0. The first-order valence-electron chi connectivity index (χ1n) is 11.9. The normalized spacial score (nSPS) is 19.1. The van der Waals surface area contributed by atoms with Crippen molar-refractivity contribution in [2.45, 2.75) is 51.7 Å². The average molecular weight is 482 g/mol. The van der Waals surface area contributed by atoms with Gasteiger partial charge in [-0.25, -0.2) is 9.38 Å². The van der Waals surface area contributed by atoms with Crippen LogP contribution in [0.15, 0.2) is 53.5 Å². The van der Waals surface area contributed by atoms with Crippen molar-refractivity contribution in [1.29, 1.82) is 0 Å². The fourth-order valence-electron chi connectivity index (χ4n) is 4.09. The molecule has 2 amide bonds. The van der Waals surface area contributed by atoms with E-state index in [1.54, 1.807) is 6.07 Å². The van der Waals surface area contributed by atoms with Gasteiger partial charge in [0.05, 0.1) is 24.5 Å². The third-order valence-electron chi connectivity index (χ3n) is 6.63. The smallest absolute Gasteiger partial charge is 0.251 e. The molecule has 0 fully saturated rings. The summed E-state index contributed by atoms with van der Waals surface area (Å²) in [6.45, 7) is 6.73. The van der Waals surface area contributed by atoms with E-state index in [1.165, 1.54) is 17.0 Å². The van der Waals surface area contributed by atoms with Gasteiger partial charge < -0.3 is 16.0 Å². The lowest BCUT2D eigenvalue weighted by molar-refractivity contribution is -0.130. The molecule has 35 heavy (non-hydrogen) atoms. The molecule has 2 atom stereocenters. The minimum absolute atomic E-state index is 0.0448. The molecule has 1 aliphatic rings.